The minimum absolute atomic E-state index is 0.346. The number of allylic oxidation sites excluding steroid dienone is 4. The van der Waals surface area contributed by atoms with Crippen molar-refractivity contribution in [2.24, 2.45) is 0 Å². The Labute approximate surface area is 101 Å². The van der Waals surface area contributed by atoms with E-state index in [2.05, 4.69) is 31.2 Å². The van der Waals surface area contributed by atoms with Crippen LogP contribution in [0.1, 0.15) is 64.7 Å². The summed E-state index contributed by atoms with van der Waals surface area (Å²) in [6.07, 6.45) is 19.8. The van der Waals surface area contributed by atoms with Crippen LogP contribution in [0.3, 0.4) is 0 Å². The molecule has 16 heavy (non-hydrogen) atoms. The lowest BCUT2D eigenvalue weighted by atomic mass is 10.1. The topological polar surface area (TPSA) is 20.2 Å². The predicted molar refractivity (Wildman–Crippen MR) is 72.6 cm³/mol. The second-order valence-electron chi connectivity index (χ2n) is 4.25. The number of hydrogen-bond acceptors (Lipinski definition) is 1. The molecule has 0 aromatic carbocycles. The maximum Gasteiger partial charge on any atom is 0.0431 e. The second kappa shape index (κ2) is 14.4. The van der Waals surface area contributed by atoms with E-state index in [0.29, 0.717) is 6.61 Å². The third-order valence-corrected chi connectivity index (χ3v) is 2.61. The van der Waals surface area contributed by atoms with Gasteiger partial charge >= 0.3 is 0 Å². The highest BCUT2D eigenvalue weighted by Gasteiger charge is 1.86. The zero-order chi connectivity index (χ0) is 11.9. The molecule has 94 valence electrons. The van der Waals surface area contributed by atoms with Crippen LogP contribution in [0.25, 0.3) is 0 Å². The summed E-state index contributed by atoms with van der Waals surface area (Å²) in [6, 6.07) is 0. The minimum Gasteiger partial charge on any atom is -0.396 e. The summed E-state index contributed by atoms with van der Waals surface area (Å²) in [5, 5.41) is 8.61. The second-order valence-corrected chi connectivity index (χ2v) is 4.25. The van der Waals surface area contributed by atoms with Gasteiger partial charge in [-0.25, -0.2) is 0 Å². The van der Waals surface area contributed by atoms with Crippen molar-refractivity contribution in [2.45, 2.75) is 64.7 Å². The van der Waals surface area contributed by atoms with E-state index in [1.54, 1.807) is 0 Å². The maximum absolute atomic E-state index is 8.61. The highest BCUT2D eigenvalue weighted by Crippen LogP contribution is 2.03. The summed E-state index contributed by atoms with van der Waals surface area (Å²) in [4.78, 5) is 0. The third-order valence-electron chi connectivity index (χ3n) is 2.61. The monoisotopic (exact) mass is 224 g/mol. The van der Waals surface area contributed by atoms with Crippen LogP contribution in [0.5, 0.6) is 0 Å². The van der Waals surface area contributed by atoms with Crippen LogP contribution in [-0.2, 0) is 0 Å². The summed E-state index contributed by atoms with van der Waals surface area (Å²) < 4.78 is 0. The van der Waals surface area contributed by atoms with Gasteiger partial charge in [0.2, 0.25) is 0 Å². The molecule has 0 spiro atoms. The van der Waals surface area contributed by atoms with Gasteiger partial charge in [0.15, 0.2) is 0 Å². The summed E-state index contributed by atoms with van der Waals surface area (Å²) in [5.41, 5.74) is 0. The lowest BCUT2D eigenvalue weighted by Gasteiger charge is -1.95. The van der Waals surface area contributed by atoms with Gasteiger partial charge in [0.1, 0.15) is 0 Å². The summed E-state index contributed by atoms with van der Waals surface area (Å²) >= 11 is 0. The van der Waals surface area contributed by atoms with Crippen molar-refractivity contribution in [1.82, 2.24) is 0 Å². The van der Waals surface area contributed by atoms with E-state index in [9.17, 15) is 0 Å². The minimum atomic E-state index is 0.346. The van der Waals surface area contributed by atoms with E-state index in [0.717, 1.165) is 12.8 Å². The van der Waals surface area contributed by atoms with Crippen LogP contribution in [0, 0.1) is 0 Å². The van der Waals surface area contributed by atoms with Gasteiger partial charge < -0.3 is 5.11 Å². The molecule has 1 N–H and O–H groups in total. The van der Waals surface area contributed by atoms with E-state index in [4.69, 9.17) is 5.11 Å². The normalized spacial score (nSPS) is 11.9. The fourth-order valence-electron chi connectivity index (χ4n) is 1.56. The van der Waals surface area contributed by atoms with E-state index in [1.807, 2.05) is 0 Å². The Morgan fingerprint density at radius 3 is 2.00 bits per heavy atom. The lowest BCUT2D eigenvalue weighted by Crippen LogP contribution is -1.82. The fraction of sp³-hybridized carbons (Fsp3) is 0.733. The molecule has 0 amide bonds. The van der Waals surface area contributed by atoms with Gasteiger partial charge in [0, 0.05) is 6.61 Å². The van der Waals surface area contributed by atoms with Gasteiger partial charge in [-0.15, -0.1) is 0 Å². The molecule has 0 saturated heterocycles. The molecule has 0 rings (SSSR count). The number of hydrogen-bond donors (Lipinski definition) is 1. The third kappa shape index (κ3) is 13.4. The van der Waals surface area contributed by atoms with Gasteiger partial charge in [-0.05, 0) is 32.1 Å². The van der Waals surface area contributed by atoms with Gasteiger partial charge in [-0.2, -0.15) is 0 Å². The average Bonchev–Trinajstić information content (AvgIpc) is 2.31. The van der Waals surface area contributed by atoms with Gasteiger partial charge in [0.05, 0.1) is 0 Å². The smallest absolute Gasteiger partial charge is 0.0431 e. The first-order chi connectivity index (χ1) is 7.91. The van der Waals surface area contributed by atoms with Crippen LogP contribution in [0.4, 0.5) is 0 Å². The Balaban J connectivity index is 3.12. The van der Waals surface area contributed by atoms with Crippen molar-refractivity contribution in [3.05, 3.63) is 24.3 Å². The first kappa shape index (κ1) is 15.4. The van der Waals surface area contributed by atoms with Crippen molar-refractivity contribution in [1.29, 1.82) is 0 Å². The Kier molecular flexibility index (Phi) is 13.9. The Hall–Kier alpha value is -0.560. The number of aliphatic hydroxyl groups excluding tert-OH is 1. The molecule has 0 saturated carbocycles. The van der Waals surface area contributed by atoms with Crippen LogP contribution in [0.2, 0.25) is 0 Å². The van der Waals surface area contributed by atoms with Crippen LogP contribution >= 0.6 is 0 Å². The van der Waals surface area contributed by atoms with Crippen LogP contribution in [0.15, 0.2) is 24.3 Å². The molecule has 0 heterocycles. The highest BCUT2D eigenvalue weighted by molar-refractivity contribution is 4.92. The largest absolute Gasteiger partial charge is 0.396 e. The van der Waals surface area contributed by atoms with E-state index < -0.39 is 0 Å². The molecule has 0 aliphatic heterocycles. The Morgan fingerprint density at radius 2 is 1.38 bits per heavy atom. The zero-order valence-electron chi connectivity index (χ0n) is 10.8. The number of unbranched alkanes of at least 4 members (excludes halogenated alkanes) is 6. The molecule has 1 heteroatoms. The van der Waals surface area contributed by atoms with E-state index in [1.165, 1.54) is 44.9 Å². The first-order valence-corrected chi connectivity index (χ1v) is 6.82. The van der Waals surface area contributed by atoms with E-state index in [-0.39, 0.29) is 0 Å². The molecular formula is C15H28O. The Morgan fingerprint density at radius 1 is 0.750 bits per heavy atom. The molecule has 0 aromatic heterocycles. The number of aliphatic hydroxyl groups is 1. The molecular weight excluding hydrogens is 196 g/mol. The van der Waals surface area contributed by atoms with Gasteiger partial charge in [-0.3, -0.25) is 0 Å². The molecule has 0 atom stereocenters. The number of rotatable bonds is 11. The zero-order valence-corrected chi connectivity index (χ0v) is 10.8. The average molecular weight is 224 g/mol. The lowest BCUT2D eigenvalue weighted by molar-refractivity contribution is 0.282. The quantitative estimate of drug-likeness (QED) is 0.401. The molecule has 0 aromatic rings. The molecule has 0 radical (unpaired) electrons. The van der Waals surface area contributed by atoms with Gasteiger partial charge in [-0.1, -0.05) is 56.9 Å². The fourth-order valence-corrected chi connectivity index (χ4v) is 1.56. The van der Waals surface area contributed by atoms with Crippen molar-refractivity contribution < 1.29 is 5.11 Å². The molecule has 0 aliphatic rings. The summed E-state index contributed by atoms with van der Waals surface area (Å²) in [6.45, 7) is 2.57. The van der Waals surface area contributed by atoms with Gasteiger partial charge in [0.25, 0.3) is 0 Å². The predicted octanol–water partition coefficient (Wildman–Crippen LogP) is 4.62. The molecule has 0 fully saturated rings. The molecule has 0 unspecified atom stereocenters. The Bertz CT molecular complexity index is 170. The maximum atomic E-state index is 8.61. The first-order valence-electron chi connectivity index (χ1n) is 6.82. The highest BCUT2D eigenvalue weighted by atomic mass is 16.2. The molecule has 0 bridgehead atoms. The van der Waals surface area contributed by atoms with Crippen molar-refractivity contribution in [3.8, 4) is 0 Å². The van der Waals surface area contributed by atoms with Crippen LogP contribution in [-0.4, -0.2) is 11.7 Å². The molecule has 0 aliphatic carbocycles. The van der Waals surface area contributed by atoms with Crippen LogP contribution < -0.4 is 0 Å². The van der Waals surface area contributed by atoms with E-state index >= 15 is 0 Å². The van der Waals surface area contributed by atoms with Crippen molar-refractivity contribution in [3.63, 3.8) is 0 Å². The SMILES string of the molecule is CCCCC=CCC=CCCCCCCO. The summed E-state index contributed by atoms with van der Waals surface area (Å²) in [5.74, 6) is 0. The standard InChI is InChI=1S/C15H28O/c1-2-3-4-5-6-7-8-9-10-11-12-13-14-15-16/h5-6,8-9,16H,2-4,7,10-15H2,1H3. The van der Waals surface area contributed by atoms with Crippen molar-refractivity contribution >= 4 is 0 Å². The van der Waals surface area contributed by atoms with Crippen molar-refractivity contribution in [2.75, 3.05) is 6.61 Å². The summed E-state index contributed by atoms with van der Waals surface area (Å²) in [7, 11) is 0. The molecule has 1 nitrogen and oxygen atoms in total.